The Morgan fingerprint density at radius 3 is 2.92 bits per heavy atom. The summed E-state index contributed by atoms with van der Waals surface area (Å²) in [5.41, 5.74) is 1.01. The third-order valence-corrected chi connectivity index (χ3v) is 4.81. The molecule has 0 radical (unpaired) electrons. The van der Waals surface area contributed by atoms with E-state index >= 15 is 0 Å². The summed E-state index contributed by atoms with van der Waals surface area (Å²) in [5, 5.41) is 3.41. The standard InChI is InChI=1S/C20H27N3O2/c1-2-23(17-9-6-13-21-14-12-17)20(24)11-10-19-22-15-18(25-19)16-7-4-3-5-8-16/h3-5,7-8,15,17,21H,2,6,9-14H2,1H3. The number of nitrogens with zero attached hydrogens (tertiary/aromatic N) is 2. The van der Waals surface area contributed by atoms with Crippen LogP contribution in [0.25, 0.3) is 11.3 Å². The van der Waals surface area contributed by atoms with Crippen molar-refractivity contribution in [3.8, 4) is 11.3 Å². The van der Waals surface area contributed by atoms with Gasteiger partial charge in [-0.05, 0) is 39.3 Å². The topological polar surface area (TPSA) is 58.4 Å². The molecule has 0 saturated carbocycles. The molecule has 1 aliphatic rings. The SMILES string of the molecule is CCN(C(=O)CCc1ncc(-c2ccccc2)o1)C1CCCNCC1. The molecule has 3 rings (SSSR count). The van der Waals surface area contributed by atoms with E-state index in [1.54, 1.807) is 6.20 Å². The number of nitrogens with one attached hydrogen (secondary N) is 1. The van der Waals surface area contributed by atoms with Crippen LogP contribution in [0.15, 0.2) is 40.9 Å². The lowest BCUT2D eigenvalue weighted by Crippen LogP contribution is -2.40. The fourth-order valence-corrected chi connectivity index (χ4v) is 3.47. The Hall–Kier alpha value is -2.14. The first-order chi connectivity index (χ1) is 12.3. The van der Waals surface area contributed by atoms with Crippen LogP contribution in [0, 0.1) is 0 Å². The summed E-state index contributed by atoms with van der Waals surface area (Å²) in [6, 6.07) is 10.3. The van der Waals surface area contributed by atoms with Gasteiger partial charge < -0.3 is 14.6 Å². The second kappa shape index (κ2) is 8.81. The summed E-state index contributed by atoms with van der Waals surface area (Å²) in [5.74, 6) is 1.59. The smallest absolute Gasteiger partial charge is 0.223 e. The Morgan fingerprint density at radius 1 is 1.28 bits per heavy atom. The zero-order chi connectivity index (χ0) is 17.5. The van der Waals surface area contributed by atoms with Crippen molar-refractivity contribution < 1.29 is 9.21 Å². The first-order valence-electron chi connectivity index (χ1n) is 9.28. The number of benzene rings is 1. The van der Waals surface area contributed by atoms with E-state index in [0.717, 1.165) is 50.2 Å². The summed E-state index contributed by atoms with van der Waals surface area (Å²) in [6.07, 6.45) is 6.00. The Bertz CT molecular complexity index is 661. The summed E-state index contributed by atoms with van der Waals surface area (Å²) in [4.78, 5) is 19.0. The van der Waals surface area contributed by atoms with E-state index in [4.69, 9.17) is 4.42 Å². The Kier molecular flexibility index (Phi) is 6.23. The van der Waals surface area contributed by atoms with Crippen LogP contribution >= 0.6 is 0 Å². The minimum atomic E-state index is 0.203. The number of carbonyl (C=O) groups excluding carboxylic acids is 1. The molecule has 2 aromatic rings. The highest BCUT2D eigenvalue weighted by Gasteiger charge is 2.23. The predicted molar refractivity (Wildman–Crippen MR) is 98.2 cm³/mol. The Labute approximate surface area is 149 Å². The largest absolute Gasteiger partial charge is 0.441 e. The van der Waals surface area contributed by atoms with Gasteiger partial charge in [0.15, 0.2) is 11.7 Å². The zero-order valence-electron chi connectivity index (χ0n) is 14.9. The lowest BCUT2D eigenvalue weighted by atomic mass is 10.1. The molecule has 25 heavy (non-hydrogen) atoms. The molecule has 1 aliphatic heterocycles. The van der Waals surface area contributed by atoms with Crippen molar-refractivity contribution in [2.75, 3.05) is 19.6 Å². The van der Waals surface area contributed by atoms with Crippen molar-refractivity contribution in [1.82, 2.24) is 15.2 Å². The van der Waals surface area contributed by atoms with E-state index < -0.39 is 0 Å². The number of oxazole rings is 1. The highest BCUT2D eigenvalue weighted by molar-refractivity contribution is 5.76. The summed E-state index contributed by atoms with van der Waals surface area (Å²) in [6.45, 7) is 4.88. The lowest BCUT2D eigenvalue weighted by Gasteiger charge is -2.30. The summed E-state index contributed by atoms with van der Waals surface area (Å²) in [7, 11) is 0. The molecular formula is C20H27N3O2. The maximum atomic E-state index is 12.7. The fourth-order valence-electron chi connectivity index (χ4n) is 3.47. The van der Waals surface area contributed by atoms with Crippen LogP contribution in [-0.2, 0) is 11.2 Å². The molecule has 1 N–H and O–H groups in total. The molecule has 1 unspecified atom stereocenters. The van der Waals surface area contributed by atoms with Crippen LogP contribution in [0.1, 0.15) is 38.5 Å². The van der Waals surface area contributed by atoms with E-state index in [-0.39, 0.29) is 5.91 Å². The zero-order valence-corrected chi connectivity index (χ0v) is 14.9. The quantitative estimate of drug-likeness (QED) is 0.876. The first kappa shape index (κ1) is 17.7. The van der Waals surface area contributed by atoms with Crippen molar-refractivity contribution in [3.05, 3.63) is 42.4 Å². The van der Waals surface area contributed by atoms with Crippen molar-refractivity contribution in [2.24, 2.45) is 0 Å². The third kappa shape index (κ3) is 4.69. The van der Waals surface area contributed by atoms with Gasteiger partial charge in [0.05, 0.1) is 6.20 Å². The number of carbonyl (C=O) groups is 1. The molecule has 1 saturated heterocycles. The van der Waals surface area contributed by atoms with Gasteiger partial charge in [0.2, 0.25) is 5.91 Å². The molecule has 5 nitrogen and oxygen atoms in total. The predicted octanol–water partition coefficient (Wildman–Crippen LogP) is 3.26. The molecule has 1 amide bonds. The highest BCUT2D eigenvalue weighted by Crippen LogP contribution is 2.21. The minimum absolute atomic E-state index is 0.203. The van der Waals surface area contributed by atoms with Gasteiger partial charge in [-0.15, -0.1) is 0 Å². The van der Waals surface area contributed by atoms with E-state index in [2.05, 4.69) is 17.2 Å². The molecule has 0 bridgehead atoms. The maximum Gasteiger partial charge on any atom is 0.223 e. The number of hydrogen-bond acceptors (Lipinski definition) is 4. The Balaban J connectivity index is 1.57. The van der Waals surface area contributed by atoms with E-state index in [1.165, 1.54) is 0 Å². The minimum Gasteiger partial charge on any atom is -0.441 e. The average Bonchev–Trinajstić information content (AvgIpc) is 2.97. The molecule has 1 fully saturated rings. The van der Waals surface area contributed by atoms with Crippen LogP contribution in [0.3, 0.4) is 0 Å². The molecule has 1 atom stereocenters. The van der Waals surface area contributed by atoms with Gasteiger partial charge in [-0.1, -0.05) is 30.3 Å². The van der Waals surface area contributed by atoms with E-state index in [9.17, 15) is 4.79 Å². The molecule has 1 aromatic carbocycles. The van der Waals surface area contributed by atoms with E-state index in [1.807, 2.05) is 35.2 Å². The highest BCUT2D eigenvalue weighted by atomic mass is 16.4. The summed E-state index contributed by atoms with van der Waals surface area (Å²) < 4.78 is 5.81. The van der Waals surface area contributed by atoms with Gasteiger partial charge in [-0.25, -0.2) is 4.98 Å². The average molecular weight is 341 g/mol. The molecule has 0 aliphatic carbocycles. The molecule has 1 aromatic heterocycles. The van der Waals surface area contributed by atoms with Gasteiger partial charge in [-0.2, -0.15) is 0 Å². The number of amides is 1. The van der Waals surface area contributed by atoms with E-state index in [0.29, 0.717) is 24.8 Å². The molecule has 0 spiro atoms. The molecule has 2 heterocycles. The van der Waals surface area contributed by atoms with Crippen LogP contribution in [-0.4, -0.2) is 41.5 Å². The van der Waals surface area contributed by atoms with Crippen LogP contribution in [0.5, 0.6) is 0 Å². The van der Waals surface area contributed by atoms with Gasteiger partial charge in [0.25, 0.3) is 0 Å². The number of rotatable bonds is 6. The van der Waals surface area contributed by atoms with Crippen LogP contribution in [0.2, 0.25) is 0 Å². The second-order valence-corrected chi connectivity index (χ2v) is 6.50. The monoisotopic (exact) mass is 341 g/mol. The number of aromatic nitrogens is 1. The van der Waals surface area contributed by atoms with Gasteiger partial charge >= 0.3 is 0 Å². The molecule has 134 valence electrons. The molecule has 5 heteroatoms. The second-order valence-electron chi connectivity index (χ2n) is 6.50. The first-order valence-corrected chi connectivity index (χ1v) is 9.28. The number of hydrogen-bond donors (Lipinski definition) is 1. The molecular weight excluding hydrogens is 314 g/mol. The normalized spacial score (nSPS) is 17.9. The summed E-state index contributed by atoms with van der Waals surface area (Å²) >= 11 is 0. The van der Waals surface area contributed by atoms with Gasteiger partial charge in [0, 0.05) is 31.0 Å². The number of aryl methyl sites for hydroxylation is 1. The van der Waals surface area contributed by atoms with Gasteiger partial charge in [-0.3, -0.25) is 4.79 Å². The van der Waals surface area contributed by atoms with Crippen molar-refractivity contribution in [3.63, 3.8) is 0 Å². The van der Waals surface area contributed by atoms with Crippen molar-refractivity contribution in [1.29, 1.82) is 0 Å². The van der Waals surface area contributed by atoms with Crippen molar-refractivity contribution in [2.45, 2.75) is 45.1 Å². The van der Waals surface area contributed by atoms with Crippen molar-refractivity contribution >= 4 is 5.91 Å². The van der Waals surface area contributed by atoms with Crippen LogP contribution < -0.4 is 5.32 Å². The van der Waals surface area contributed by atoms with Crippen LogP contribution in [0.4, 0.5) is 0 Å². The maximum absolute atomic E-state index is 12.7. The Morgan fingerprint density at radius 2 is 2.12 bits per heavy atom. The lowest BCUT2D eigenvalue weighted by molar-refractivity contribution is -0.133. The van der Waals surface area contributed by atoms with Gasteiger partial charge in [0.1, 0.15) is 0 Å². The fraction of sp³-hybridized carbons (Fsp3) is 0.500. The third-order valence-electron chi connectivity index (χ3n) is 4.81.